The van der Waals surface area contributed by atoms with E-state index in [0.717, 1.165) is 29.4 Å². The number of pyridine rings is 1. The lowest BCUT2D eigenvalue weighted by Crippen LogP contribution is -2.37. The number of ether oxygens (including phenoxy) is 1. The standard InChI is InChI=1S/C18H20N2O3/c21-13-10-20(7-8-23-11-13)18(22)15-9-17(12-5-6-12)19-16-4-2-1-3-14(15)16/h1-4,9,12-13,21H,5-8,10-11H2/t13-/m1/s1. The van der Waals surface area contributed by atoms with Gasteiger partial charge < -0.3 is 14.7 Å². The normalized spacial score (nSPS) is 22.1. The average Bonchev–Trinajstić information content (AvgIpc) is 3.41. The quantitative estimate of drug-likeness (QED) is 0.920. The number of hydrogen-bond acceptors (Lipinski definition) is 4. The van der Waals surface area contributed by atoms with E-state index < -0.39 is 6.10 Å². The number of aliphatic hydroxyl groups excluding tert-OH is 1. The third-order valence-corrected chi connectivity index (χ3v) is 4.50. The molecule has 4 rings (SSSR count). The molecule has 1 N–H and O–H groups in total. The van der Waals surface area contributed by atoms with Gasteiger partial charge in [-0.2, -0.15) is 0 Å². The lowest BCUT2D eigenvalue weighted by atomic mass is 10.0. The molecule has 1 aliphatic heterocycles. The van der Waals surface area contributed by atoms with Crippen molar-refractivity contribution in [3.63, 3.8) is 0 Å². The van der Waals surface area contributed by atoms with Gasteiger partial charge in [0.05, 0.1) is 30.4 Å². The van der Waals surface area contributed by atoms with Crippen LogP contribution in [0.4, 0.5) is 0 Å². The van der Waals surface area contributed by atoms with E-state index in [-0.39, 0.29) is 12.5 Å². The van der Waals surface area contributed by atoms with E-state index in [1.54, 1.807) is 4.90 Å². The number of carbonyl (C=O) groups is 1. The third kappa shape index (κ3) is 2.94. The molecule has 1 aliphatic carbocycles. The number of hydrogen-bond donors (Lipinski definition) is 1. The first-order valence-corrected chi connectivity index (χ1v) is 8.17. The Labute approximate surface area is 134 Å². The molecule has 5 nitrogen and oxygen atoms in total. The van der Waals surface area contributed by atoms with Crippen molar-refractivity contribution < 1.29 is 14.6 Å². The Bertz CT molecular complexity index is 742. The van der Waals surface area contributed by atoms with Crippen LogP contribution in [0.15, 0.2) is 30.3 Å². The zero-order valence-electron chi connectivity index (χ0n) is 12.9. The van der Waals surface area contributed by atoms with Crippen molar-refractivity contribution in [2.75, 3.05) is 26.3 Å². The van der Waals surface area contributed by atoms with Gasteiger partial charge in [-0.3, -0.25) is 9.78 Å². The molecule has 2 heterocycles. The molecule has 1 aromatic heterocycles. The molecule has 1 amide bonds. The predicted octanol–water partition coefficient (Wildman–Crippen LogP) is 1.95. The second-order valence-corrected chi connectivity index (χ2v) is 6.37. The van der Waals surface area contributed by atoms with Crippen molar-refractivity contribution >= 4 is 16.8 Å². The van der Waals surface area contributed by atoms with Gasteiger partial charge in [-0.05, 0) is 25.0 Å². The molecule has 23 heavy (non-hydrogen) atoms. The predicted molar refractivity (Wildman–Crippen MR) is 86.4 cm³/mol. The first-order valence-electron chi connectivity index (χ1n) is 8.17. The van der Waals surface area contributed by atoms with Gasteiger partial charge in [0.1, 0.15) is 0 Å². The average molecular weight is 312 g/mol. The number of benzene rings is 1. The van der Waals surface area contributed by atoms with Crippen molar-refractivity contribution in [3.8, 4) is 0 Å². The molecule has 1 saturated carbocycles. The monoisotopic (exact) mass is 312 g/mol. The lowest BCUT2D eigenvalue weighted by molar-refractivity contribution is 0.0534. The topological polar surface area (TPSA) is 62.7 Å². The Balaban J connectivity index is 1.75. The van der Waals surface area contributed by atoms with Gasteiger partial charge in [-0.15, -0.1) is 0 Å². The molecule has 1 aromatic carbocycles. The van der Waals surface area contributed by atoms with Crippen LogP contribution in [-0.2, 0) is 4.74 Å². The first-order chi connectivity index (χ1) is 11.2. The number of nitrogens with zero attached hydrogens (tertiary/aromatic N) is 2. The molecule has 2 aliphatic rings. The molecular formula is C18H20N2O3. The molecule has 0 bridgehead atoms. The fourth-order valence-corrected chi connectivity index (χ4v) is 3.11. The minimum atomic E-state index is -0.627. The highest BCUT2D eigenvalue weighted by atomic mass is 16.5. The van der Waals surface area contributed by atoms with Crippen LogP contribution in [0.2, 0.25) is 0 Å². The van der Waals surface area contributed by atoms with E-state index in [9.17, 15) is 9.90 Å². The molecular weight excluding hydrogens is 292 g/mol. The number of rotatable bonds is 2. The minimum Gasteiger partial charge on any atom is -0.389 e. The number of aromatic nitrogens is 1. The molecule has 0 radical (unpaired) electrons. The Morgan fingerprint density at radius 3 is 2.96 bits per heavy atom. The summed E-state index contributed by atoms with van der Waals surface area (Å²) in [7, 11) is 0. The Morgan fingerprint density at radius 2 is 2.13 bits per heavy atom. The zero-order valence-corrected chi connectivity index (χ0v) is 12.9. The molecule has 5 heteroatoms. The van der Waals surface area contributed by atoms with E-state index in [1.807, 2.05) is 30.3 Å². The van der Waals surface area contributed by atoms with E-state index in [2.05, 4.69) is 0 Å². The summed E-state index contributed by atoms with van der Waals surface area (Å²) in [6, 6.07) is 9.72. The van der Waals surface area contributed by atoms with Gasteiger partial charge in [0, 0.05) is 30.1 Å². The van der Waals surface area contributed by atoms with Crippen LogP contribution in [0, 0.1) is 0 Å². The highest BCUT2D eigenvalue weighted by Crippen LogP contribution is 2.40. The summed E-state index contributed by atoms with van der Waals surface area (Å²) in [6.07, 6.45) is 1.67. The molecule has 0 spiro atoms. The van der Waals surface area contributed by atoms with Gasteiger partial charge in [0.15, 0.2) is 0 Å². The Morgan fingerprint density at radius 1 is 1.30 bits per heavy atom. The zero-order chi connectivity index (χ0) is 15.8. The summed E-state index contributed by atoms with van der Waals surface area (Å²) in [6.45, 7) is 1.56. The van der Waals surface area contributed by atoms with E-state index in [1.165, 1.54) is 0 Å². The molecule has 0 unspecified atom stereocenters. The van der Waals surface area contributed by atoms with Crippen LogP contribution in [0.5, 0.6) is 0 Å². The van der Waals surface area contributed by atoms with E-state index in [0.29, 0.717) is 31.2 Å². The van der Waals surface area contributed by atoms with Crippen molar-refractivity contribution in [1.82, 2.24) is 9.88 Å². The van der Waals surface area contributed by atoms with Crippen LogP contribution in [0.25, 0.3) is 10.9 Å². The Hall–Kier alpha value is -1.98. The lowest BCUT2D eigenvalue weighted by Gasteiger charge is -2.22. The van der Waals surface area contributed by atoms with Gasteiger partial charge in [0.25, 0.3) is 5.91 Å². The second-order valence-electron chi connectivity index (χ2n) is 6.37. The number of carbonyl (C=O) groups excluding carboxylic acids is 1. The fraction of sp³-hybridized carbons (Fsp3) is 0.444. The first kappa shape index (κ1) is 14.6. The highest BCUT2D eigenvalue weighted by Gasteiger charge is 2.29. The van der Waals surface area contributed by atoms with Crippen LogP contribution in [-0.4, -0.2) is 53.3 Å². The third-order valence-electron chi connectivity index (χ3n) is 4.50. The maximum absolute atomic E-state index is 13.0. The van der Waals surface area contributed by atoms with Gasteiger partial charge in [-0.1, -0.05) is 18.2 Å². The number of amides is 1. The molecule has 1 atom stereocenters. The SMILES string of the molecule is O=C(c1cc(C2CC2)nc2ccccc12)N1CCOC[C@H](O)C1. The van der Waals surface area contributed by atoms with Crippen LogP contribution >= 0.6 is 0 Å². The summed E-state index contributed by atoms with van der Waals surface area (Å²) >= 11 is 0. The number of fused-ring (bicyclic) bond motifs is 1. The molecule has 120 valence electrons. The molecule has 2 aromatic rings. The van der Waals surface area contributed by atoms with Crippen LogP contribution in [0.3, 0.4) is 0 Å². The van der Waals surface area contributed by atoms with Crippen LogP contribution in [0.1, 0.15) is 34.8 Å². The van der Waals surface area contributed by atoms with Crippen molar-refractivity contribution in [1.29, 1.82) is 0 Å². The van der Waals surface area contributed by atoms with Gasteiger partial charge in [-0.25, -0.2) is 0 Å². The van der Waals surface area contributed by atoms with Crippen molar-refractivity contribution in [2.45, 2.75) is 24.9 Å². The van der Waals surface area contributed by atoms with Crippen LogP contribution < -0.4 is 0 Å². The summed E-state index contributed by atoms with van der Waals surface area (Å²) in [5, 5.41) is 10.8. The van der Waals surface area contributed by atoms with Gasteiger partial charge >= 0.3 is 0 Å². The molecule has 1 saturated heterocycles. The maximum Gasteiger partial charge on any atom is 0.254 e. The van der Waals surface area contributed by atoms with E-state index in [4.69, 9.17) is 9.72 Å². The minimum absolute atomic E-state index is 0.0462. The summed E-state index contributed by atoms with van der Waals surface area (Å²) in [5.74, 6) is 0.444. The van der Waals surface area contributed by atoms with Crippen molar-refractivity contribution in [2.24, 2.45) is 0 Å². The number of aliphatic hydroxyl groups is 1. The van der Waals surface area contributed by atoms with Crippen molar-refractivity contribution in [3.05, 3.63) is 41.6 Å². The summed E-state index contributed by atoms with van der Waals surface area (Å²) in [4.78, 5) is 19.4. The largest absolute Gasteiger partial charge is 0.389 e. The highest BCUT2D eigenvalue weighted by molar-refractivity contribution is 6.06. The molecule has 2 fully saturated rings. The second kappa shape index (κ2) is 5.91. The fourth-order valence-electron chi connectivity index (χ4n) is 3.11. The van der Waals surface area contributed by atoms with Gasteiger partial charge in [0.2, 0.25) is 0 Å². The summed E-state index contributed by atoms with van der Waals surface area (Å²) < 4.78 is 5.33. The Kier molecular flexibility index (Phi) is 3.75. The maximum atomic E-state index is 13.0. The number of para-hydroxylation sites is 1. The van der Waals surface area contributed by atoms with E-state index >= 15 is 0 Å². The summed E-state index contributed by atoms with van der Waals surface area (Å²) in [5.41, 5.74) is 2.57. The number of β-amino-alcohol motifs (C(OH)–C–C–N with tert-alkyl or cyclic N) is 1. The smallest absolute Gasteiger partial charge is 0.254 e.